The molecule has 0 aliphatic carbocycles. The van der Waals surface area contributed by atoms with Crippen LogP contribution in [0.25, 0.3) is 0 Å². The molecule has 7 nitrogen and oxygen atoms in total. The molecule has 2 atom stereocenters. The third-order valence-corrected chi connectivity index (χ3v) is 6.72. The Bertz CT molecular complexity index is 1230. The summed E-state index contributed by atoms with van der Waals surface area (Å²) in [5.41, 5.74) is 3.21. The van der Waals surface area contributed by atoms with Crippen molar-refractivity contribution in [2.75, 3.05) is 42.9 Å². The molecule has 0 bridgehead atoms. The Balaban J connectivity index is 0.00000441. The summed E-state index contributed by atoms with van der Waals surface area (Å²) in [5, 5.41) is 2.44. The number of hydrogen-bond donors (Lipinski definition) is 2. The van der Waals surface area contributed by atoms with Gasteiger partial charge in [-0.05, 0) is 25.1 Å². The van der Waals surface area contributed by atoms with Crippen LogP contribution in [0.4, 0.5) is 51.1 Å². The number of anilines is 2. The summed E-state index contributed by atoms with van der Waals surface area (Å²) in [6, 6.07) is -0.159. The molecule has 1 aromatic heterocycles. The number of nitrogens with two attached hydrogens (primary N) is 1. The first kappa shape index (κ1) is 31.2. The van der Waals surface area contributed by atoms with Gasteiger partial charge in [-0.15, -0.1) is 0 Å². The van der Waals surface area contributed by atoms with Crippen LogP contribution >= 0.6 is 0 Å². The van der Waals surface area contributed by atoms with E-state index in [1.165, 1.54) is 4.90 Å². The Morgan fingerprint density at radius 3 is 2.42 bits per heavy atom. The second-order valence-corrected chi connectivity index (χ2v) is 9.60. The van der Waals surface area contributed by atoms with Crippen molar-refractivity contribution in [3.63, 3.8) is 0 Å². The Kier molecular flexibility index (Phi) is 8.82. The Labute approximate surface area is 223 Å². The van der Waals surface area contributed by atoms with Gasteiger partial charge in [-0.25, -0.2) is 31.9 Å². The lowest BCUT2D eigenvalue weighted by Gasteiger charge is -2.37. The van der Waals surface area contributed by atoms with Crippen molar-refractivity contribution in [1.29, 1.82) is 0 Å². The zero-order chi connectivity index (χ0) is 28.8. The Hall–Kier alpha value is -3.30. The van der Waals surface area contributed by atoms with Crippen molar-refractivity contribution >= 4 is 17.5 Å². The molecule has 0 radical (unpaired) electrons. The molecule has 3 N–H and O–H groups in total. The first-order valence-electron chi connectivity index (χ1n) is 11.7. The molecular formula is C24H27F9N6O. The Morgan fingerprint density at radius 1 is 1.12 bits per heavy atom. The van der Waals surface area contributed by atoms with Crippen molar-refractivity contribution in [3.05, 3.63) is 47.3 Å². The zero-order valence-corrected chi connectivity index (χ0v) is 20.1. The highest BCUT2D eigenvalue weighted by Gasteiger charge is 2.48. The van der Waals surface area contributed by atoms with Crippen LogP contribution in [0.5, 0.6) is 0 Å². The number of piperidine rings is 1. The number of rotatable bonds is 7. The molecule has 16 heteroatoms. The minimum absolute atomic E-state index is 0. The van der Waals surface area contributed by atoms with Crippen LogP contribution in [0.1, 0.15) is 37.4 Å². The fourth-order valence-electron chi connectivity index (χ4n) is 4.86. The van der Waals surface area contributed by atoms with Gasteiger partial charge in [-0.3, -0.25) is 9.69 Å². The monoisotopic (exact) mass is 586 g/mol. The molecule has 40 heavy (non-hydrogen) atoms. The molecule has 4 rings (SSSR count). The van der Waals surface area contributed by atoms with Crippen LogP contribution in [0.3, 0.4) is 0 Å². The van der Waals surface area contributed by atoms with Gasteiger partial charge in [0.15, 0.2) is 11.6 Å². The molecule has 0 spiro atoms. The molecular weight excluding hydrogens is 559 g/mol. The number of alkyl halides is 7. The number of nitrogens with one attached hydrogen (secondary N) is 1. The molecule has 2 aliphatic rings. The number of primary amides is 1. The first-order chi connectivity index (χ1) is 18.1. The van der Waals surface area contributed by atoms with Crippen molar-refractivity contribution in [3.8, 4) is 0 Å². The number of amides is 1. The van der Waals surface area contributed by atoms with E-state index in [4.69, 9.17) is 5.73 Å². The minimum atomic E-state index is -4.87. The van der Waals surface area contributed by atoms with Crippen LogP contribution in [0.2, 0.25) is 0 Å². The van der Waals surface area contributed by atoms with Gasteiger partial charge in [0.2, 0.25) is 11.7 Å². The topological polar surface area (TPSA) is 87.4 Å². The van der Waals surface area contributed by atoms with E-state index in [-0.39, 0.29) is 33.0 Å². The van der Waals surface area contributed by atoms with Crippen molar-refractivity contribution in [2.45, 2.75) is 44.3 Å². The van der Waals surface area contributed by atoms with Crippen molar-refractivity contribution < 1.29 is 44.3 Å². The van der Waals surface area contributed by atoms with Crippen LogP contribution < -0.4 is 16.0 Å². The minimum Gasteiger partial charge on any atom is -0.369 e. The van der Waals surface area contributed by atoms with E-state index in [1.54, 1.807) is 0 Å². The predicted octanol–water partition coefficient (Wildman–Crippen LogP) is 4.85. The summed E-state index contributed by atoms with van der Waals surface area (Å²) >= 11 is 0. The van der Waals surface area contributed by atoms with E-state index in [2.05, 4.69) is 15.3 Å². The molecule has 0 unspecified atom stereocenters. The van der Waals surface area contributed by atoms with E-state index in [1.807, 2.05) is 0 Å². The number of carbonyl (C=O) groups is 1. The third-order valence-electron chi connectivity index (χ3n) is 6.72. The maximum atomic E-state index is 15.4. The average Bonchev–Trinajstić information content (AvgIpc) is 3.12. The predicted molar refractivity (Wildman–Crippen MR) is 127 cm³/mol. The number of hydrogen-bond acceptors (Lipinski definition) is 6. The summed E-state index contributed by atoms with van der Waals surface area (Å²) in [6.07, 6.45) is -5.17. The van der Waals surface area contributed by atoms with Crippen LogP contribution in [0.15, 0.2) is 24.5 Å². The average molecular weight is 587 g/mol. The first-order valence-corrected chi connectivity index (χ1v) is 11.7. The van der Waals surface area contributed by atoms with Gasteiger partial charge in [0, 0.05) is 24.4 Å². The molecule has 2 aromatic rings. The summed E-state index contributed by atoms with van der Waals surface area (Å²) in [6.45, 7) is -2.55. The van der Waals surface area contributed by atoms with Gasteiger partial charge in [-0.2, -0.15) is 17.6 Å². The van der Waals surface area contributed by atoms with E-state index in [0.29, 0.717) is 17.0 Å². The second kappa shape index (κ2) is 11.3. The highest BCUT2D eigenvalue weighted by molar-refractivity contribution is 5.75. The summed E-state index contributed by atoms with van der Waals surface area (Å²) < 4.78 is 127. The number of carbonyl (C=O) groups excluding carboxylic acids is 1. The van der Waals surface area contributed by atoms with Gasteiger partial charge < -0.3 is 16.0 Å². The standard InChI is InChI=1S/C23H23F9N6O.CH4/c24-15-5-12(23(30,31)32)1-2-14(15)16-6-21(26,27)9-38(16)20-18(25)19(35-11-36-20)34-7-13-3-4-37(8-17(33)39)10-22(13,28)29;/h1-2,5,11,13,16H,3-4,6-10H2,(H2,33,39)(H,34,35,36);1H4/t13-,16+;/m0./s1. The van der Waals surface area contributed by atoms with E-state index >= 15 is 4.39 Å². The van der Waals surface area contributed by atoms with Gasteiger partial charge >= 0.3 is 6.18 Å². The molecule has 0 saturated carbocycles. The van der Waals surface area contributed by atoms with Crippen LogP contribution in [-0.4, -0.2) is 65.3 Å². The SMILES string of the molecule is C.NC(=O)CN1CC[C@@H](CNc2ncnc(N3CC(F)(F)C[C@@H]3c3ccc(C(F)(F)F)cc3F)c2F)C(F)(F)C1. The lowest BCUT2D eigenvalue weighted by atomic mass is 9.92. The number of aromatic nitrogens is 2. The molecule has 2 saturated heterocycles. The summed E-state index contributed by atoms with van der Waals surface area (Å²) in [7, 11) is 0. The van der Waals surface area contributed by atoms with Crippen molar-refractivity contribution in [1.82, 2.24) is 14.9 Å². The van der Waals surface area contributed by atoms with E-state index < -0.39 is 96.3 Å². The molecule has 222 valence electrons. The van der Waals surface area contributed by atoms with Gasteiger partial charge in [0.25, 0.3) is 11.8 Å². The van der Waals surface area contributed by atoms with Gasteiger partial charge in [0.1, 0.15) is 12.1 Å². The lowest BCUT2D eigenvalue weighted by molar-refractivity contribution is -0.137. The highest BCUT2D eigenvalue weighted by atomic mass is 19.4. The highest BCUT2D eigenvalue weighted by Crippen LogP contribution is 2.45. The number of halogens is 9. The fourth-order valence-corrected chi connectivity index (χ4v) is 4.86. The lowest BCUT2D eigenvalue weighted by Crippen LogP contribution is -2.52. The number of likely N-dealkylation sites (tertiary alicyclic amines) is 1. The Morgan fingerprint density at radius 2 is 1.82 bits per heavy atom. The smallest absolute Gasteiger partial charge is 0.369 e. The maximum Gasteiger partial charge on any atom is 0.416 e. The zero-order valence-electron chi connectivity index (χ0n) is 20.1. The van der Waals surface area contributed by atoms with Crippen LogP contribution in [-0.2, 0) is 11.0 Å². The van der Waals surface area contributed by atoms with Crippen LogP contribution in [0, 0.1) is 17.6 Å². The normalized spacial score (nSPS) is 22.6. The largest absolute Gasteiger partial charge is 0.416 e. The van der Waals surface area contributed by atoms with Gasteiger partial charge in [0.05, 0.1) is 31.2 Å². The maximum absolute atomic E-state index is 15.4. The van der Waals surface area contributed by atoms with E-state index in [0.717, 1.165) is 6.33 Å². The van der Waals surface area contributed by atoms with E-state index in [9.17, 15) is 39.9 Å². The molecule has 2 aliphatic heterocycles. The second-order valence-electron chi connectivity index (χ2n) is 9.60. The molecule has 1 amide bonds. The summed E-state index contributed by atoms with van der Waals surface area (Å²) in [4.78, 5) is 20.3. The quantitative estimate of drug-likeness (QED) is 0.452. The third kappa shape index (κ3) is 6.70. The number of benzene rings is 1. The summed E-state index contributed by atoms with van der Waals surface area (Å²) in [5.74, 6) is -12.7. The van der Waals surface area contributed by atoms with Gasteiger partial charge in [-0.1, -0.05) is 13.5 Å². The molecule has 1 aromatic carbocycles. The molecule has 3 heterocycles. The fraction of sp³-hybridized carbons (Fsp3) is 0.542. The van der Waals surface area contributed by atoms with Crippen molar-refractivity contribution in [2.24, 2.45) is 11.7 Å². The number of nitrogens with zero attached hydrogens (tertiary/aromatic N) is 4. The molecule has 2 fully saturated rings.